The first-order valence-electron chi connectivity index (χ1n) is 6.37. The SMILES string of the molecule is CC(C)c1ccc(/C=C/C(=O)NC[C@H](O)C(=O)O)cc1. The highest BCUT2D eigenvalue weighted by Crippen LogP contribution is 2.15. The Balaban J connectivity index is 2.50. The fraction of sp³-hybridized carbons (Fsp3) is 0.333. The number of aliphatic carboxylic acids is 1. The van der Waals surface area contributed by atoms with E-state index in [-0.39, 0.29) is 6.54 Å². The number of nitrogens with one attached hydrogen (secondary N) is 1. The fourth-order valence-corrected chi connectivity index (χ4v) is 1.51. The molecule has 0 aliphatic heterocycles. The predicted molar refractivity (Wildman–Crippen MR) is 76.2 cm³/mol. The summed E-state index contributed by atoms with van der Waals surface area (Å²) < 4.78 is 0. The van der Waals surface area contributed by atoms with E-state index in [0.29, 0.717) is 5.92 Å². The molecule has 0 spiro atoms. The van der Waals surface area contributed by atoms with E-state index in [2.05, 4.69) is 19.2 Å². The van der Waals surface area contributed by atoms with Crippen LogP contribution in [0.2, 0.25) is 0 Å². The molecule has 0 saturated heterocycles. The molecule has 108 valence electrons. The molecule has 0 aliphatic rings. The number of amides is 1. The smallest absolute Gasteiger partial charge is 0.334 e. The highest BCUT2D eigenvalue weighted by Gasteiger charge is 2.12. The normalized spacial score (nSPS) is 12.6. The molecule has 5 heteroatoms. The largest absolute Gasteiger partial charge is 0.479 e. The lowest BCUT2D eigenvalue weighted by Gasteiger charge is -2.06. The van der Waals surface area contributed by atoms with Crippen LogP contribution in [0.1, 0.15) is 30.9 Å². The highest BCUT2D eigenvalue weighted by molar-refractivity contribution is 5.92. The summed E-state index contributed by atoms with van der Waals surface area (Å²) in [4.78, 5) is 21.8. The van der Waals surface area contributed by atoms with Crippen LogP contribution < -0.4 is 5.32 Å². The number of hydrogen-bond acceptors (Lipinski definition) is 3. The maximum Gasteiger partial charge on any atom is 0.334 e. The quantitative estimate of drug-likeness (QED) is 0.686. The number of aliphatic hydroxyl groups is 1. The molecule has 1 aromatic rings. The van der Waals surface area contributed by atoms with Crippen LogP contribution in [0.5, 0.6) is 0 Å². The van der Waals surface area contributed by atoms with Gasteiger partial charge in [-0.3, -0.25) is 4.79 Å². The second-order valence-corrected chi connectivity index (χ2v) is 4.75. The molecule has 0 aliphatic carbocycles. The first-order valence-corrected chi connectivity index (χ1v) is 6.37. The second-order valence-electron chi connectivity index (χ2n) is 4.75. The van der Waals surface area contributed by atoms with Crippen LogP contribution in [0.25, 0.3) is 6.08 Å². The molecule has 5 nitrogen and oxygen atoms in total. The zero-order valence-corrected chi connectivity index (χ0v) is 11.5. The summed E-state index contributed by atoms with van der Waals surface area (Å²) in [6, 6.07) is 7.81. The average molecular weight is 277 g/mol. The van der Waals surface area contributed by atoms with Crippen molar-refractivity contribution in [3.63, 3.8) is 0 Å². The molecule has 0 radical (unpaired) electrons. The monoisotopic (exact) mass is 277 g/mol. The van der Waals surface area contributed by atoms with E-state index in [1.807, 2.05) is 24.3 Å². The number of hydrogen-bond donors (Lipinski definition) is 3. The van der Waals surface area contributed by atoms with Gasteiger partial charge in [-0.05, 0) is 23.1 Å². The van der Waals surface area contributed by atoms with Crippen LogP contribution in [-0.2, 0) is 9.59 Å². The van der Waals surface area contributed by atoms with E-state index in [9.17, 15) is 9.59 Å². The third-order valence-corrected chi connectivity index (χ3v) is 2.78. The molecule has 1 atom stereocenters. The van der Waals surface area contributed by atoms with E-state index in [1.165, 1.54) is 11.6 Å². The molecule has 1 amide bonds. The van der Waals surface area contributed by atoms with Gasteiger partial charge in [0, 0.05) is 6.08 Å². The Morgan fingerprint density at radius 1 is 1.25 bits per heavy atom. The third-order valence-electron chi connectivity index (χ3n) is 2.78. The fourth-order valence-electron chi connectivity index (χ4n) is 1.51. The van der Waals surface area contributed by atoms with Crippen molar-refractivity contribution in [3.8, 4) is 0 Å². The van der Waals surface area contributed by atoms with Gasteiger partial charge < -0.3 is 15.5 Å². The Labute approximate surface area is 117 Å². The Kier molecular flexibility index (Phi) is 5.93. The summed E-state index contributed by atoms with van der Waals surface area (Å²) in [5.74, 6) is -1.36. The summed E-state index contributed by atoms with van der Waals surface area (Å²) in [7, 11) is 0. The first kappa shape index (κ1) is 15.9. The summed E-state index contributed by atoms with van der Waals surface area (Å²) >= 11 is 0. The minimum absolute atomic E-state index is 0.315. The van der Waals surface area contributed by atoms with Crippen molar-refractivity contribution in [3.05, 3.63) is 41.5 Å². The molecule has 0 unspecified atom stereocenters. The van der Waals surface area contributed by atoms with Crippen LogP contribution >= 0.6 is 0 Å². The number of rotatable bonds is 6. The number of carboxylic acid groups (broad SMARTS) is 1. The van der Waals surface area contributed by atoms with Gasteiger partial charge in [-0.1, -0.05) is 38.1 Å². The topological polar surface area (TPSA) is 86.6 Å². The number of carbonyl (C=O) groups excluding carboxylic acids is 1. The lowest BCUT2D eigenvalue weighted by molar-refractivity contribution is -0.146. The van der Waals surface area contributed by atoms with Crippen LogP contribution in [0.4, 0.5) is 0 Å². The summed E-state index contributed by atoms with van der Waals surface area (Å²) in [6.45, 7) is 3.89. The number of benzene rings is 1. The molecule has 0 bridgehead atoms. The van der Waals surface area contributed by atoms with Crippen molar-refractivity contribution in [2.45, 2.75) is 25.9 Å². The number of aliphatic hydroxyl groups excluding tert-OH is 1. The van der Waals surface area contributed by atoms with E-state index < -0.39 is 18.0 Å². The molecule has 1 aromatic carbocycles. The molecular formula is C15H19NO4. The maximum absolute atomic E-state index is 11.4. The predicted octanol–water partition coefficient (Wildman–Crippen LogP) is 1.38. The number of carbonyl (C=O) groups is 2. The summed E-state index contributed by atoms with van der Waals surface area (Å²) in [6.07, 6.45) is 1.35. The molecule has 0 fully saturated rings. The standard InChI is InChI=1S/C15H19NO4/c1-10(2)12-6-3-11(4-7-12)5-8-14(18)16-9-13(17)15(19)20/h3-8,10,13,17H,9H2,1-2H3,(H,16,18)(H,19,20)/b8-5+/t13-/m0/s1. The van der Waals surface area contributed by atoms with Gasteiger partial charge in [-0.15, -0.1) is 0 Å². The van der Waals surface area contributed by atoms with Gasteiger partial charge in [-0.2, -0.15) is 0 Å². The Bertz CT molecular complexity index is 491. The van der Waals surface area contributed by atoms with Crippen LogP contribution in [0.15, 0.2) is 30.3 Å². The lowest BCUT2D eigenvalue weighted by atomic mass is 10.0. The highest BCUT2D eigenvalue weighted by atomic mass is 16.4. The molecule has 1 rings (SSSR count). The van der Waals surface area contributed by atoms with Gasteiger partial charge in [0.2, 0.25) is 5.91 Å². The van der Waals surface area contributed by atoms with Crippen molar-refractivity contribution < 1.29 is 19.8 Å². The van der Waals surface area contributed by atoms with E-state index in [1.54, 1.807) is 6.08 Å². The molecule has 0 heterocycles. The van der Waals surface area contributed by atoms with Crippen molar-refractivity contribution >= 4 is 18.0 Å². The van der Waals surface area contributed by atoms with E-state index >= 15 is 0 Å². The lowest BCUT2D eigenvalue weighted by Crippen LogP contribution is -2.35. The maximum atomic E-state index is 11.4. The molecule has 3 N–H and O–H groups in total. The van der Waals surface area contributed by atoms with Gasteiger partial charge in [0.15, 0.2) is 6.10 Å². The van der Waals surface area contributed by atoms with Crippen LogP contribution in [0, 0.1) is 0 Å². The average Bonchev–Trinajstić information content (AvgIpc) is 2.42. The Morgan fingerprint density at radius 3 is 2.35 bits per heavy atom. The minimum Gasteiger partial charge on any atom is -0.479 e. The molecular weight excluding hydrogens is 258 g/mol. The zero-order chi connectivity index (χ0) is 15.1. The molecule has 20 heavy (non-hydrogen) atoms. The summed E-state index contributed by atoms with van der Waals surface area (Å²) in [5, 5.41) is 19.8. The van der Waals surface area contributed by atoms with Crippen LogP contribution in [0.3, 0.4) is 0 Å². The molecule has 0 aromatic heterocycles. The van der Waals surface area contributed by atoms with Crippen molar-refractivity contribution in [1.29, 1.82) is 0 Å². The van der Waals surface area contributed by atoms with Gasteiger partial charge in [0.05, 0.1) is 6.54 Å². The first-order chi connectivity index (χ1) is 9.40. The van der Waals surface area contributed by atoms with Gasteiger partial charge in [-0.25, -0.2) is 4.79 Å². The Hall–Kier alpha value is -2.14. The third kappa shape index (κ3) is 5.24. The van der Waals surface area contributed by atoms with Crippen molar-refractivity contribution in [2.75, 3.05) is 6.54 Å². The summed E-state index contributed by atoms with van der Waals surface area (Å²) in [5.41, 5.74) is 2.10. The van der Waals surface area contributed by atoms with Crippen LogP contribution in [-0.4, -0.2) is 34.7 Å². The van der Waals surface area contributed by atoms with Gasteiger partial charge in [0.1, 0.15) is 0 Å². The minimum atomic E-state index is -1.59. The molecule has 0 saturated carbocycles. The van der Waals surface area contributed by atoms with Gasteiger partial charge in [0.25, 0.3) is 0 Å². The number of carboxylic acids is 1. The van der Waals surface area contributed by atoms with E-state index in [4.69, 9.17) is 10.2 Å². The van der Waals surface area contributed by atoms with Gasteiger partial charge >= 0.3 is 5.97 Å². The van der Waals surface area contributed by atoms with Crippen molar-refractivity contribution in [2.24, 2.45) is 0 Å². The van der Waals surface area contributed by atoms with Crippen molar-refractivity contribution in [1.82, 2.24) is 5.32 Å². The second kappa shape index (κ2) is 7.45. The van der Waals surface area contributed by atoms with E-state index in [0.717, 1.165) is 5.56 Å². The Morgan fingerprint density at radius 2 is 1.85 bits per heavy atom. The zero-order valence-electron chi connectivity index (χ0n) is 11.5.